The zero-order chi connectivity index (χ0) is 23.0. The lowest BCUT2D eigenvalue weighted by Crippen LogP contribution is -2.13. The van der Waals surface area contributed by atoms with Crippen LogP contribution in [0.5, 0.6) is 0 Å². The van der Waals surface area contributed by atoms with Crippen molar-refractivity contribution in [3.8, 4) is 0 Å². The van der Waals surface area contributed by atoms with Crippen LogP contribution in [-0.4, -0.2) is 34.1 Å². The molecular weight excluding hydrogens is 447 g/mol. The van der Waals surface area contributed by atoms with Crippen LogP contribution in [0.3, 0.4) is 0 Å². The predicted octanol–water partition coefficient (Wildman–Crippen LogP) is 5.07. The van der Waals surface area contributed by atoms with Gasteiger partial charge < -0.3 is 14.9 Å². The van der Waals surface area contributed by atoms with Gasteiger partial charge in [-0.05, 0) is 36.4 Å². The second-order valence-corrected chi connectivity index (χ2v) is 6.61. The van der Waals surface area contributed by atoms with Crippen molar-refractivity contribution < 1.29 is 34.1 Å². The van der Waals surface area contributed by atoms with Crippen molar-refractivity contribution >= 4 is 47.1 Å². The van der Waals surface area contributed by atoms with E-state index in [0.29, 0.717) is 5.56 Å². The standard InChI is InChI=1S/C14H9ClO3.C8H5ClO4/c15-12-9-5-4-8-11(12)14(17)18-13(16)10-6-2-1-3-7-10;9-5-3-1-2-4(7(10)11)6(5)8(12)13/h1-9H;1-3H,(H,10,11)(H,12,13). The molecule has 2 N–H and O–H groups in total. The van der Waals surface area contributed by atoms with Crippen molar-refractivity contribution in [2.24, 2.45) is 0 Å². The molecule has 7 nitrogen and oxygen atoms in total. The normalized spacial score (nSPS) is 9.74. The summed E-state index contributed by atoms with van der Waals surface area (Å²) in [4.78, 5) is 44.5. The number of carbonyl (C=O) groups excluding carboxylic acids is 2. The van der Waals surface area contributed by atoms with E-state index in [9.17, 15) is 19.2 Å². The van der Waals surface area contributed by atoms with E-state index in [1.54, 1.807) is 48.5 Å². The molecule has 0 aliphatic heterocycles. The third kappa shape index (κ3) is 6.40. The second kappa shape index (κ2) is 10.9. The molecule has 0 heterocycles. The van der Waals surface area contributed by atoms with Crippen molar-refractivity contribution in [3.05, 3.63) is 105 Å². The highest BCUT2D eigenvalue weighted by Gasteiger charge is 2.18. The van der Waals surface area contributed by atoms with Gasteiger partial charge in [-0.3, -0.25) is 0 Å². The van der Waals surface area contributed by atoms with E-state index in [0.717, 1.165) is 0 Å². The predicted molar refractivity (Wildman–Crippen MR) is 113 cm³/mol. The van der Waals surface area contributed by atoms with Crippen LogP contribution in [0.25, 0.3) is 0 Å². The molecule has 0 atom stereocenters. The van der Waals surface area contributed by atoms with Gasteiger partial charge in [-0.15, -0.1) is 0 Å². The average molecular weight is 461 g/mol. The number of aromatic carboxylic acids is 2. The minimum atomic E-state index is -1.34. The summed E-state index contributed by atoms with van der Waals surface area (Å²) in [7, 11) is 0. The van der Waals surface area contributed by atoms with Crippen LogP contribution in [0, 0.1) is 0 Å². The largest absolute Gasteiger partial charge is 0.478 e. The Hall–Kier alpha value is -3.68. The smallest absolute Gasteiger partial charge is 0.347 e. The first-order chi connectivity index (χ1) is 14.7. The number of rotatable bonds is 4. The first kappa shape index (κ1) is 23.6. The Labute approximate surface area is 186 Å². The van der Waals surface area contributed by atoms with Gasteiger partial charge in [-0.1, -0.05) is 59.6 Å². The minimum absolute atomic E-state index is 0.0765. The molecule has 9 heteroatoms. The maximum absolute atomic E-state index is 11.7. The summed E-state index contributed by atoms with van der Waals surface area (Å²) in [6.07, 6.45) is 0. The van der Waals surface area contributed by atoms with Gasteiger partial charge in [0.2, 0.25) is 0 Å². The zero-order valence-corrected chi connectivity index (χ0v) is 17.1. The summed E-state index contributed by atoms with van der Waals surface area (Å²) in [5.41, 5.74) is -0.196. The Morgan fingerprint density at radius 2 is 1.16 bits per heavy atom. The number of halogens is 2. The maximum atomic E-state index is 11.7. The molecule has 0 spiro atoms. The Morgan fingerprint density at radius 1 is 0.613 bits per heavy atom. The molecule has 31 heavy (non-hydrogen) atoms. The van der Waals surface area contributed by atoms with Crippen LogP contribution in [0.15, 0.2) is 72.8 Å². The summed E-state index contributed by atoms with van der Waals surface area (Å²) in [5, 5.41) is 17.4. The highest BCUT2D eigenvalue weighted by atomic mass is 35.5. The number of carboxylic acid groups (broad SMARTS) is 2. The summed E-state index contributed by atoms with van der Waals surface area (Å²) >= 11 is 11.4. The number of carbonyl (C=O) groups is 4. The van der Waals surface area contributed by atoms with Gasteiger partial charge in [-0.25, -0.2) is 19.2 Å². The molecule has 3 aromatic rings. The van der Waals surface area contributed by atoms with E-state index in [-0.39, 0.29) is 26.7 Å². The van der Waals surface area contributed by atoms with Crippen molar-refractivity contribution in [2.45, 2.75) is 0 Å². The number of esters is 2. The molecule has 0 unspecified atom stereocenters. The van der Waals surface area contributed by atoms with Gasteiger partial charge in [0.25, 0.3) is 0 Å². The summed E-state index contributed by atoms with van der Waals surface area (Å²) in [5.74, 6) is -4.10. The quantitative estimate of drug-likeness (QED) is 0.411. The fourth-order valence-electron chi connectivity index (χ4n) is 2.32. The van der Waals surface area contributed by atoms with Crippen molar-refractivity contribution in [2.75, 3.05) is 0 Å². The van der Waals surface area contributed by atoms with Crippen molar-refractivity contribution in [1.82, 2.24) is 0 Å². The first-order valence-electron chi connectivity index (χ1n) is 8.53. The molecule has 0 aliphatic rings. The molecule has 0 aromatic heterocycles. The van der Waals surface area contributed by atoms with Gasteiger partial charge in [0.05, 0.1) is 32.3 Å². The summed E-state index contributed by atoms with van der Waals surface area (Å²) in [6.45, 7) is 0. The molecule has 0 fully saturated rings. The molecule has 0 bridgehead atoms. The Bertz CT molecular complexity index is 1130. The fraction of sp³-hybridized carbons (Fsp3) is 0. The van der Waals surface area contributed by atoms with Crippen LogP contribution in [-0.2, 0) is 4.74 Å². The highest BCUT2D eigenvalue weighted by molar-refractivity contribution is 6.34. The van der Waals surface area contributed by atoms with E-state index in [1.165, 1.54) is 24.3 Å². The van der Waals surface area contributed by atoms with Crippen LogP contribution in [0.4, 0.5) is 0 Å². The molecule has 0 amide bonds. The lowest BCUT2D eigenvalue weighted by Gasteiger charge is -2.04. The van der Waals surface area contributed by atoms with Gasteiger partial charge in [-0.2, -0.15) is 0 Å². The molecular formula is C22H14Cl2O7. The topological polar surface area (TPSA) is 118 Å². The Kier molecular flexibility index (Phi) is 8.31. The number of hydrogen-bond donors (Lipinski definition) is 2. The average Bonchev–Trinajstić information content (AvgIpc) is 2.74. The Morgan fingerprint density at radius 3 is 1.71 bits per heavy atom. The number of hydrogen-bond acceptors (Lipinski definition) is 5. The number of benzene rings is 3. The zero-order valence-electron chi connectivity index (χ0n) is 15.6. The van der Waals surface area contributed by atoms with E-state index in [4.69, 9.17) is 38.2 Å². The van der Waals surface area contributed by atoms with E-state index in [1.807, 2.05) is 0 Å². The van der Waals surface area contributed by atoms with Gasteiger partial charge >= 0.3 is 23.9 Å². The number of carboxylic acids is 2. The number of ether oxygens (including phenoxy) is 1. The van der Waals surface area contributed by atoms with Crippen LogP contribution < -0.4 is 0 Å². The molecule has 0 saturated carbocycles. The summed E-state index contributed by atoms with van der Waals surface area (Å²) in [6, 6.07) is 18.6. The lowest BCUT2D eigenvalue weighted by molar-refractivity contribution is 0.0397. The van der Waals surface area contributed by atoms with E-state index < -0.39 is 23.9 Å². The summed E-state index contributed by atoms with van der Waals surface area (Å²) < 4.78 is 4.74. The van der Waals surface area contributed by atoms with Gasteiger partial charge in [0, 0.05) is 0 Å². The second-order valence-electron chi connectivity index (χ2n) is 5.80. The van der Waals surface area contributed by atoms with E-state index >= 15 is 0 Å². The fourth-order valence-corrected chi connectivity index (χ4v) is 2.79. The molecule has 158 valence electrons. The third-order valence-corrected chi connectivity index (χ3v) is 4.39. The Balaban J connectivity index is 0.000000233. The van der Waals surface area contributed by atoms with Crippen LogP contribution in [0.2, 0.25) is 10.0 Å². The monoisotopic (exact) mass is 460 g/mol. The molecule has 0 saturated heterocycles. The molecule has 0 radical (unpaired) electrons. The van der Waals surface area contributed by atoms with E-state index in [2.05, 4.69) is 0 Å². The highest BCUT2D eigenvalue weighted by Crippen LogP contribution is 2.20. The van der Waals surface area contributed by atoms with Crippen molar-refractivity contribution in [3.63, 3.8) is 0 Å². The molecule has 0 aliphatic carbocycles. The van der Waals surface area contributed by atoms with Gasteiger partial charge in [0.1, 0.15) is 0 Å². The van der Waals surface area contributed by atoms with Gasteiger partial charge in [0.15, 0.2) is 0 Å². The molecule has 3 rings (SSSR count). The first-order valence-corrected chi connectivity index (χ1v) is 9.29. The third-order valence-electron chi connectivity index (χ3n) is 3.75. The SMILES string of the molecule is O=C(O)c1cccc(Cl)c1C(=O)O.O=C(OC(=O)c1ccccc1Cl)c1ccccc1. The van der Waals surface area contributed by atoms with Crippen molar-refractivity contribution in [1.29, 1.82) is 0 Å². The van der Waals surface area contributed by atoms with Crippen LogP contribution in [0.1, 0.15) is 41.4 Å². The van der Waals surface area contributed by atoms with Crippen LogP contribution >= 0.6 is 23.2 Å². The minimum Gasteiger partial charge on any atom is -0.478 e. The lowest BCUT2D eigenvalue weighted by atomic mass is 10.1. The maximum Gasteiger partial charge on any atom is 0.347 e. The molecule has 3 aromatic carbocycles.